The van der Waals surface area contributed by atoms with Gasteiger partial charge < -0.3 is 10.4 Å². The minimum Gasteiger partial charge on any atom is -0.477 e. The average Bonchev–Trinajstić information content (AvgIpc) is 3.07. The Morgan fingerprint density at radius 1 is 1.37 bits per heavy atom. The monoisotopic (exact) mass is 400 g/mol. The summed E-state index contributed by atoms with van der Waals surface area (Å²) in [6.07, 6.45) is 1.65. The fourth-order valence-electron chi connectivity index (χ4n) is 3.37. The number of allylic oxidation sites excluding steroid dienone is 1. The van der Waals surface area contributed by atoms with Crippen molar-refractivity contribution in [1.82, 2.24) is 10.2 Å². The first-order chi connectivity index (χ1) is 13.0. The Kier molecular flexibility index (Phi) is 4.53. The SMILES string of the molecule is C=CC1=C(C(=O)O)N2C(=O)[C@@H](NC(=O)Cc3csc4ccccc34)[C@H]2SC1. The molecule has 1 aromatic heterocycles. The maximum absolute atomic E-state index is 12.5. The minimum absolute atomic E-state index is 0.0342. The minimum atomic E-state index is -1.15. The summed E-state index contributed by atoms with van der Waals surface area (Å²) in [6.45, 7) is 3.62. The van der Waals surface area contributed by atoms with Crippen molar-refractivity contribution in [2.24, 2.45) is 0 Å². The highest BCUT2D eigenvalue weighted by Crippen LogP contribution is 2.40. The van der Waals surface area contributed by atoms with E-state index in [0.717, 1.165) is 15.6 Å². The van der Waals surface area contributed by atoms with E-state index in [-0.39, 0.29) is 18.0 Å². The number of thioether (sulfide) groups is 1. The highest BCUT2D eigenvalue weighted by molar-refractivity contribution is 8.00. The number of rotatable bonds is 5. The summed E-state index contributed by atoms with van der Waals surface area (Å²) in [6, 6.07) is 7.16. The number of hydrogen-bond donors (Lipinski definition) is 2. The normalized spacial score (nSPS) is 21.6. The van der Waals surface area contributed by atoms with Crippen LogP contribution in [0.3, 0.4) is 0 Å². The first-order valence-corrected chi connectivity index (χ1v) is 10.2. The van der Waals surface area contributed by atoms with Crippen LogP contribution in [0.15, 0.2) is 53.6 Å². The Balaban J connectivity index is 1.48. The molecule has 2 N–H and O–H groups in total. The van der Waals surface area contributed by atoms with Crippen molar-refractivity contribution in [2.75, 3.05) is 5.75 Å². The topological polar surface area (TPSA) is 86.7 Å². The number of carbonyl (C=O) groups is 3. The van der Waals surface area contributed by atoms with E-state index in [1.54, 1.807) is 11.3 Å². The molecule has 6 nitrogen and oxygen atoms in total. The fourth-order valence-corrected chi connectivity index (χ4v) is 5.67. The lowest BCUT2D eigenvalue weighted by molar-refractivity contribution is -0.150. The molecule has 2 atom stereocenters. The number of fused-ring (bicyclic) bond motifs is 2. The highest BCUT2D eigenvalue weighted by Gasteiger charge is 2.53. The quantitative estimate of drug-likeness (QED) is 0.753. The molecule has 27 heavy (non-hydrogen) atoms. The molecule has 4 rings (SSSR count). The summed E-state index contributed by atoms with van der Waals surface area (Å²) in [5.74, 6) is -1.35. The molecular formula is C19H16N2O4S2. The van der Waals surface area contributed by atoms with Gasteiger partial charge in [0.05, 0.1) is 6.42 Å². The van der Waals surface area contributed by atoms with Crippen LogP contribution in [-0.4, -0.2) is 45.0 Å². The predicted octanol–water partition coefficient (Wildman–Crippen LogP) is 2.37. The van der Waals surface area contributed by atoms with Gasteiger partial charge in [-0.2, -0.15) is 0 Å². The second kappa shape index (κ2) is 6.86. The van der Waals surface area contributed by atoms with Crippen LogP contribution in [0.5, 0.6) is 0 Å². The van der Waals surface area contributed by atoms with E-state index >= 15 is 0 Å². The molecule has 2 amide bonds. The molecule has 3 heterocycles. The van der Waals surface area contributed by atoms with Gasteiger partial charge in [0.1, 0.15) is 17.1 Å². The van der Waals surface area contributed by atoms with Gasteiger partial charge in [0.15, 0.2) is 0 Å². The van der Waals surface area contributed by atoms with Gasteiger partial charge in [0.25, 0.3) is 5.91 Å². The van der Waals surface area contributed by atoms with Crippen LogP contribution in [0.25, 0.3) is 10.1 Å². The molecule has 2 aliphatic heterocycles. The number of carbonyl (C=O) groups excluding carboxylic acids is 2. The summed E-state index contributed by atoms with van der Waals surface area (Å²) in [5.41, 5.74) is 1.41. The highest BCUT2D eigenvalue weighted by atomic mass is 32.2. The van der Waals surface area contributed by atoms with Gasteiger partial charge in [-0.15, -0.1) is 23.1 Å². The number of hydrogen-bond acceptors (Lipinski definition) is 5. The molecule has 2 aromatic rings. The largest absolute Gasteiger partial charge is 0.477 e. The number of β-lactam (4-membered cyclic amide) rings is 1. The lowest BCUT2D eigenvalue weighted by atomic mass is 10.0. The van der Waals surface area contributed by atoms with Gasteiger partial charge in [0, 0.05) is 10.5 Å². The van der Waals surface area contributed by atoms with Crippen molar-refractivity contribution in [1.29, 1.82) is 0 Å². The molecule has 0 radical (unpaired) electrons. The van der Waals surface area contributed by atoms with Crippen molar-refractivity contribution in [2.45, 2.75) is 17.8 Å². The zero-order valence-electron chi connectivity index (χ0n) is 14.2. The van der Waals surface area contributed by atoms with Crippen LogP contribution in [0.1, 0.15) is 5.56 Å². The van der Waals surface area contributed by atoms with Gasteiger partial charge in [-0.05, 0) is 28.0 Å². The third kappa shape index (κ3) is 2.94. The lowest BCUT2D eigenvalue weighted by Gasteiger charge is -2.49. The molecular weight excluding hydrogens is 384 g/mol. The third-order valence-corrected chi connectivity index (χ3v) is 6.99. The number of carboxylic acid groups (broad SMARTS) is 1. The van der Waals surface area contributed by atoms with Crippen LogP contribution >= 0.6 is 23.1 Å². The van der Waals surface area contributed by atoms with Crippen LogP contribution < -0.4 is 5.32 Å². The second-order valence-electron chi connectivity index (χ2n) is 6.27. The summed E-state index contributed by atoms with van der Waals surface area (Å²) in [7, 11) is 0. The number of aliphatic carboxylic acids is 1. The molecule has 1 fully saturated rings. The van der Waals surface area contributed by atoms with E-state index in [0.29, 0.717) is 11.3 Å². The van der Waals surface area contributed by atoms with Crippen molar-refractivity contribution in [3.05, 3.63) is 59.1 Å². The molecule has 138 valence electrons. The Labute approximate surface area is 163 Å². The van der Waals surface area contributed by atoms with Gasteiger partial charge >= 0.3 is 5.97 Å². The molecule has 0 saturated carbocycles. The Hall–Kier alpha value is -2.58. The number of nitrogens with one attached hydrogen (secondary N) is 1. The Morgan fingerprint density at radius 2 is 2.15 bits per heavy atom. The van der Waals surface area contributed by atoms with Crippen LogP contribution in [0, 0.1) is 0 Å². The third-order valence-electron chi connectivity index (χ3n) is 4.68. The van der Waals surface area contributed by atoms with Crippen molar-refractivity contribution in [3.63, 3.8) is 0 Å². The molecule has 0 unspecified atom stereocenters. The number of nitrogens with zero attached hydrogens (tertiary/aromatic N) is 1. The van der Waals surface area contributed by atoms with Gasteiger partial charge in [-0.3, -0.25) is 14.5 Å². The average molecular weight is 400 g/mol. The number of amides is 2. The smallest absolute Gasteiger partial charge is 0.352 e. The number of carboxylic acids is 1. The van der Waals surface area contributed by atoms with Crippen molar-refractivity contribution in [3.8, 4) is 0 Å². The van der Waals surface area contributed by atoms with Crippen molar-refractivity contribution >= 4 is 51.0 Å². The van der Waals surface area contributed by atoms with E-state index in [4.69, 9.17) is 0 Å². The molecule has 0 spiro atoms. The first kappa shape index (κ1) is 17.8. The fraction of sp³-hybridized carbons (Fsp3) is 0.211. The zero-order valence-corrected chi connectivity index (χ0v) is 15.8. The molecule has 0 aliphatic carbocycles. The standard InChI is InChI=1S/C19H16N2O4S2/c1-2-10-8-27-18-15(17(23)21(18)16(10)19(24)25)20-14(22)7-11-9-26-13-6-4-3-5-12(11)13/h2-6,9,15,18H,1,7-8H2,(H,20,22)(H,24,25)/t15-,18-/m1/s1. The predicted molar refractivity (Wildman–Crippen MR) is 105 cm³/mol. The second-order valence-corrected chi connectivity index (χ2v) is 8.29. The summed E-state index contributed by atoms with van der Waals surface area (Å²) < 4.78 is 1.11. The molecule has 1 saturated heterocycles. The molecule has 2 aliphatic rings. The maximum atomic E-state index is 12.5. The van der Waals surface area contributed by atoms with E-state index in [1.807, 2.05) is 29.6 Å². The first-order valence-electron chi connectivity index (χ1n) is 8.29. The zero-order chi connectivity index (χ0) is 19.1. The molecule has 1 aromatic carbocycles. The van der Waals surface area contributed by atoms with Gasteiger partial charge in [0.2, 0.25) is 5.91 Å². The van der Waals surface area contributed by atoms with Crippen LogP contribution in [-0.2, 0) is 20.8 Å². The number of thiophene rings is 1. The van der Waals surface area contributed by atoms with Crippen molar-refractivity contribution < 1.29 is 19.5 Å². The Morgan fingerprint density at radius 3 is 2.89 bits per heavy atom. The number of benzene rings is 1. The Bertz CT molecular complexity index is 1010. The van der Waals surface area contributed by atoms with E-state index in [1.165, 1.54) is 22.7 Å². The molecule has 8 heteroatoms. The lowest BCUT2D eigenvalue weighted by Crippen LogP contribution is -2.70. The summed E-state index contributed by atoms with van der Waals surface area (Å²) in [4.78, 5) is 37.8. The maximum Gasteiger partial charge on any atom is 0.352 e. The van der Waals surface area contributed by atoms with Crippen LogP contribution in [0.2, 0.25) is 0 Å². The van der Waals surface area contributed by atoms with Gasteiger partial charge in [-0.25, -0.2) is 4.79 Å². The molecule has 0 bridgehead atoms. The summed E-state index contributed by atoms with van der Waals surface area (Å²) >= 11 is 3.01. The van der Waals surface area contributed by atoms with E-state index in [2.05, 4.69) is 11.9 Å². The van der Waals surface area contributed by atoms with E-state index < -0.39 is 23.3 Å². The summed E-state index contributed by atoms with van der Waals surface area (Å²) in [5, 5.41) is 14.8. The van der Waals surface area contributed by atoms with E-state index in [9.17, 15) is 19.5 Å². The van der Waals surface area contributed by atoms with Crippen LogP contribution in [0.4, 0.5) is 0 Å². The van der Waals surface area contributed by atoms with Gasteiger partial charge in [-0.1, -0.05) is 30.9 Å².